The number of hydrogen-bond acceptors (Lipinski definition) is 7. The molecule has 9 heteroatoms. The Morgan fingerprint density at radius 1 is 1.25 bits per heavy atom. The highest BCUT2D eigenvalue weighted by molar-refractivity contribution is 5.76. The molecular weight excluding hydrogens is 262 g/mol. The van der Waals surface area contributed by atoms with Crippen LogP contribution in [0.1, 0.15) is 0 Å². The maximum atomic E-state index is 11.1. The van der Waals surface area contributed by atoms with Crippen LogP contribution in [0.3, 0.4) is 0 Å². The van der Waals surface area contributed by atoms with E-state index in [1.165, 1.54) is 16.8 Å². The Morgan fingerprint density at radius 3 is 2.80 bits per heavy atom. The third kappa shape index (κ3) is 1.82. The zero-order valence-corrected chi connectivity index (χ0v) is 10.1. The van der Waals surface area contributed by atoms with Gasteiger partial charge in [-0.2, -0.15) is 4.68 Å². The molecule has 0 atom stereocenters. The number of nitrogens with two attached hydrogens (primary N) is 1. The minimum absolute atomic E-state index is 0.0548. The van der Waals surface area contributed by atoms with E-state index in [-0.39, 0.29) is 11.5 Å². The summed E-state index contributed by atoms with van der Waals surface area (Å²) in [6.45, 7) is 0. The normalized spacial score (nSPS) is 10.7. The summed E-state index contributed by atoms with van der Waals surface area (Å²) < 4.78 is 1.31. The second-order valence-electron chi connectivity index (χ2n) is 3.93. The molecule has 3 aromatic rings. The lowest BCUT2D eigenvalue weighted by molar-refractivity contribution is -0.384. The molecule has 0 amide bonds. The highest BCUT2D eigenvalue weighted by Crippen LogP contribution is 2.24. The first-order valence-electron chi connectivity index (χ1n) is 5.63. The number of hydrazine groups is 1. The Bertz CT molecular complexity index is 798. The lowest BCUT2D eigenvalue weighted by Crippen LogP contribution is -2.12. The van der Waals surface area contributed by atoms with Gasteiger partial charge in [0.15, 0.2) is 0 Å². The van der Waals surface area contributed by atoms with Gasteiger partial charge in [0.2, 0.25) is 5.82 Å². The Hall–Kier alpha value is -3.07. The summed E-state index contributed by atoms with van der Waals surface area (Å²) in [6, 6.07) is 9.84. The molecule has 0 unspecified atom stereocenters. The summed E-state index contributed by atoms with van der Waals surface area (Å²) in [5.74, 6) is 5.63. The highest BCUT2D eigenvalue weighted by atomic mass is 16.6. The number of nitrogens with zero attached hydrogens (tertiary/aromatic N) is 5. The first kappa shape index (κ1) is 12.0. The van der Waals surface area contributed by atoms with E-state index in [9.17, 15) is 10.1 Å². The van der Waals surface area contributed by atoms with Crippen molar-refractivity contribution in [1.29, 1.82) is 0 Å². The zero-order valence-electron chi connectivity index (χ0n) is 10.1. The van der Waals surface area contributed by atoms with Crippen LogP contribution in [0.15, 0.2) is 36.4 Å². The lowest BCUT2D eigenvalue weighted by Gasteiger charge is -2.05. The molecule has 0 aliphatic carbocycles. The standard InChI is InChI=1S/C11H9N7O2/c12-14-10-6-5-9(18(19)20)11(13-10)17-8-4-2-1-3-7(8)15-16-17/h1-6H,12H2,(H,13,14). The van der Waals surface area contributed by atoms with Crippen molar-refractivity contribution < 1.29 is 4.92 Å². The number of nitrogen functional groups attached to an aromatic ring is 1. The van der Waals surface area contributed by atoms with Crippen molar-refractivity contribution in [2.45, 2.75) is 0 Å². The van der Waals surface area contributed by atoms with Crippen LogP contribution in [0.5, 0.6) is 0 Å². The quantitative estimate of drug-likeness (QED) is 0.413. The Balaban J connectivity index is 2.29. The minimum Gasteiger partial charge on any atom is -0.308 e. The molecule has 2 aromatic heterocycles. The average molecular weight is 271 g/mol. The van der Waals surface area contributed by atoms with Gasteiger partial charge in [0, 0.05) is 6.07 Å². The highest BCUT2D eigenvalue weighted by Gasteiger charge is 2.20. The van der Waals surface area contributed by atoms with Crippen LogP contribution >= 0.6 is 0 Å². The van der Waals surface area contributed by atoms with Gasteiger partial charge in [-0.05, 0) is 18.2 Å². The molecule has 0 saturated heterocycles. The Labute approximate surface area is 112 Å². The van der Waals surface area contributed by atoms with E-state index in [0.717, 1.165) is 0 Å². The molecule has 20 heavy (non-hydrogen) atoms. The van der Waals surface area contributed by atoms with Gasteiger partial charge in [0.05, 0.1) is 10.4 Å². The maximum Gasteiger partial charge on any atom is 0.313 e. The van der Waals surface area contributed by atoms with Gasteiger partial charge in [-0.1, -0.05) is 17.3 Å². The van der Waals surface area contributed by atoms with Crippen molar-refractivity contribution in [2.24, 2.45) is 5.84 Å². The van der Waals surface area contributed by atoms with Crippen molar-refractivity contribution >= 4 is 22.5 Å². The predicted molar refractivity (Wildman–Crippen MR) is 71.1 cm³/mol. The van der Waals surface area contributed by atoms with Crippen molar-refractivity contribution in [1.82, 2.24) is 20.0 Å². The third-order valence-corrected chi connectivity index (χ3v) is 2.75. The Morgan fingerprint density at radius 2 is 2.05 bits per heavy atom. The summed E-state index contributed by atoms with van der Waals surface area (Å²) in [7, 11) is 0. The number of benzene rings is 1. The van der Waals surface area contributed by atoms with E-state index in [1.807, 2.05) is 0 Å². The third-order valence-electron chi connectivity index (χ3n) is 2.75. The number of nitrogens with one attached hydrogen (secondary N) is 1. The summed E-state index contributed by atoms with van der Waals surface area (Å²) in [5, 5.41) is 19.0. The van der Waals surface area contributed by atoms with Crippen LogP contribution in [0.25, 0.3) is 16.9 Å². The van der Waals surface area contributed by atoms with Crippen LogP contribution in [0.2, 0.25) is 0 Å². The number of aromatic nitrogens is 4. The minimum atomic E-state index is -0.529. The summed E-state index contributed by atoms with van der Waals surface area (Å²) in [4.78, 5) is 14.7. The van der Waals surface area contributed by atoms with Crippen LogP contribution in [0.4, 0.5) is 11.5 Å². The number of rotatable bonds is 3. The van der Waals surface area contributed by atoms with Crippen LogP contribution in [0, 0.1) is 10.1 Å². The summed E-state index contributed by atoms with van der Waals surface area (Å²) in [6.07, 6.45) is 0. The molecule has 9 nitrogen and oxygen atoms in total. The van der Waals surface area contributed by atoms with Crippen molar-refractivity contribution in [3.8, 4) is 5.82 Å². The largest absolute Gasteiger partial charge is 0.313 e. The van der Waals surface area contributed by atoms with Gasteiger partial charge < -0.3 is 5.43 Å². The van der Waals surface area contributed by atoms with Gasteiger partial charge in [-0.25, -0.2) is 10.8 Å². The van der Waals surface area contributed by atoms with E-state index >= 15 is 0 Å². The lowest BCUT2D eigenvalue weighted by atomic mass is 10.3. The van der Waals surface area contributed by atoms with Crippen LogP contribution in [-0.2, 0) is 0 Å². The molecule has 0 aliphatic rings. The van der Waals surface area contributed by atoms with E-state index in [2.05, 4.69) is 20.7 Å². The average Bonchev–Trinajstić information content (AvgIpc) is 2.90. The van der Waals surface area contributed by atoms with Crippen LogP contribution < -0.4 is 11.3 Å². The fraction of sp³-hybridized carbons (Fsp3) is 0. The molecule has 0 bridgehead atoms. The maximum absolute atomic E-state index is 11.1. The summed E-state index contributed by atoms with van der Waals surface area (Å²) in [5.41, 5.74) is 3.41. The number of hydrogen-bond donors (Lipinski definition) is 2. The molecule has 0 saturated carbocycles. The number of fused-ring (bicyclic) bond motifs is 1. The van der Waals surface area contributed by atoms with E-state index in [1.54, 1.807) is 24.3 Å². The van der Waals surface area contributed by atoms with E-state index in [0.29, 0.717) is 16.9 Å². The molecule has 0 spiro atoms. The zero-order chi connectivity index (χ0) is 14.1. The fourth-order valence-electron chi connectivity index (χ4n) is 1.85. The molecule has 0 aliphatic heterocycles. The molecule has 3 rings (SSSR count). The number of anilines is 1. The van der Waals surface area contributed by atoms with Gasteiger partial charge in [-0.15, -0.1) is 5.10 Å². The van der Waals surface area contributed by atoms with Crippen molar-refractivity contribution in [3.63, 3.8) is 0 Å². The number of pyridine rings is 1. The second-order valence-corrected chi connectivity index (χ2v) is 3.93. The Kier molecular flexibility index (Phi) is 2.73. The molecule has 3 N–H and O–H groups in total. The smallest absolute Gasteiger partial charge is 0.308 e. The topological polar surface area (TPSA) is 125 Å². The van der Waals surface area contributed by atoms with Crippen molar-refractivity contribution in [2.75, 3.05) is 5.43 Å². The molecule has 1 aromatic carbocycles. The number of nitro groups is 1. The molecule has 0 radical (unpaired) electrons. The molecule has 0 fully saturated rings. The summed E-state index contributed by atoms with van der Waals surface area (Å²) >= 11 is 0. The van der Waals surface area contributed by atoms with Crippen LogP contribution in [-0.4, -0.2) is 24.9 Å². The van der Waals surface area contributed by atoms with E-state index in [4.69, 9.17) is 5.84 Å². The second kappa shape index (κ2) is 4.55. The van der Waals surface area contributed by atoms with Crippen molar-refractivity contribution in [3.05, 3.63) is 46.5 Å². The van der Waals surface area contributed by atoms with Gasteiger partial charge in [-0.3, -0.25) is 10.1 Å². The van der Waals surface area contributed by atoms with Gasteiger partial charge in [0.25, 0.3) is 0 Å². The molecule has 100 valence electrons. The monoisotopic (exact) mass is 271 g/mol. The van der Waals surface area contributed by atoms with E-state index < -0.39 is 4.92 Å². The van der Waals surface area contributed by atoms with Gasteiger partial charge >= 0.3 is 5.69 Å². The molecular formula is C11H9N7O2. The predicted octanol–water partition coefficient (Wildman–Crippen LogP) is 1.01. The first-order valence-corrected chi connectivity index (χ1v) is 5.63. The SMILES string of the molecule is NNc1ccc([N+](=O)[O-])c(-n2nnc3ccccc32)n1. The fourth-order valence-corrected chi connectivity index (χ4v) is 1.85. The number of para-hydroxylation sites is 1. The molecule has 2 heterocycles. The first-order chi connectivity index (χ1) is 9.70. The van der Waals surface area contributed by atoms with Gasteiger partial charge in [0.1, 0.15) is 11.3 Å².